The van der Waals surface area contributed by atoms with Gasteiger partial charge < -0.3 is 10.2 Å². The second-order valence-electron chi connectivity index (χ2n) is 5.47. The lowest BCUT2D eigenvalue weighted by molar-refractivity contribution is 0.147. The fourth-order valence-corrected chi connectivity index (χ4v) is 2.15. The third-order valence-corrected chi connectivity index (χ3v) is 3.95. The summed E-state index contributed by atoms with van der Waals surface area (Å²) in [6.45, 7) is 8.21. The first-order chi connectivity index (χ1) is 6.97. The molecule has 0 saturated carbocycles. The molecule has 0 amide bonds. The average molecular weight is 213 g/mol. The van der Waals surface area contributed by atoms with E-state index < -0.39 is 0 Å². The number of likely N-dealkylation sites (N-methyl/N-ethyl adjacent to an activating group) is 2. The molecule has 1 aliphatic rings. The number of nitrogens with one attached hydrogen (secondary N) is 1. The monoisotopic (exact) mass is 213 g/mol. The van der Waals surface area contributed by atoms with Crippen molar-refractivity contribution in [3.63, 3.8) is 0 Å². The van der Waals surface area contributed by atoms with Crippen LogP contribution in [0, 0.1) is 0 Å². The van der Waals surface area contributed by atoms with E-state index in [1.165, 1.54) is 25.9 Å². The molecule has 0 aromatic rings. The smallest absolute Gasteiger partial charge is 0.0232 e. The van der Waals surface area contributed by atoms with Gasteiger partial charge in [0, 0.05) is 18.1 Å². The van der Waals surface area contributed by atoms with Gasteiger partial charge in [0.05, 0.1) is 0 Å². The van der Waals surface area contributed by atoms with Crippen LogP contribution in [-0.2, 0) is 0 Å². The van der Waals surface area contributed by atoms with Gasteiger partial charge in [0.2, 0.25) is 0 Å². The van der Waals surface area contributed by atoms with Gasteiger partial charge in [-0.25, -0.2) is 0 Å². The summed E-state index contributed by atoms with van der Waals surface area (Å²) >= 11 is 0. The molecule has 3 nitrogen and oxygen atoms in total. The van der Waals surface area contributed by atoms with Crippen molar-refractivity contribution in [2.24, 2.45) is 0 Å². The van der Waals surface area contributed by atoms with Crippen molar-refractivity contribution < 1.29 is 0 Å². The molecule has 0 radical (unpaired) electrons. The first-order valence-electron chi connectivity index (χ1n) is 6.03. The van der Waals surface area contributed by atoms with Crippen LogP contribution >= 0.6 is 0 Å². The molecule has 1 aliphatic heterocycles. The maximum absolute atomic E-state index is 3.25. The Hall–Kier alpha value is -0.120. The molecular weight excluding hydrogens is 186 g/mol. The predicted octanol–water partition coefficient (Wildman–Crippen LogP) is 1.01. The van der Waals surface area contributed by atoms with E-state index in [0.717, 1.165) is 6.54 Å². The molecule has 1 heterocycles. The largest absolute Gasteiger partial charge is 0.320 e. The first kappa shape index (κ1) is 12.9. The number of hydrogen-bond donors (Lipinski definition) is 1. The minimum Gasteiger partial charge on any atom is -0.320 e. The Labute approximate surface area is 94.8 Å². The highest BCUT2D eigenvalue weighted by Crippen LogP contribution is 2.23. The molecule has 1 atom stereocenters. The van der Waals surface area contributed by atoms with Gasteiger partial charge in [-0.15, -0.1) is 0 Å². The Bertz CT molecular complexity index is 191. The van der Waals surface area contributed by atoms with Gasteiger partial charge in [0.1, 0.15) is 0 Å². The van der Waals surface area contributed by atoms with Crippen molar-refractivity contribution in [3.05, 3.63) is 0 Å². The molecule has 15 heavy (non-hydrogen) atoms. The van der Waals surface area contributed by atoms with Crippen LogP contribution in [0.2, 0.25) is 0 Å². The predicted molar refractivity (Wildman–Crippen MR) is 66.3 cm³/mol. The second kappa shape index (κ2) is 5.28. The summed E-state index contributed by atoms with van der Waals surface area (Å²) in [5, 5.41) is 3.25. The third kappa shape index (κ3) is 3.44. The van der Waals surface area contributed by atoms with Gasteiger partial charge in [-0.1, -0.05) is 0 Å². The molecule has 1 rings (SSSR count). The van der Waals surface area contributed by atoms with Gasteiger partial charge in [0.25, 0.3) is 0 Å². The molecular formula is C12H27N3. The molecule has 1 unspecified atom stereocenters. The van der Waals surface area contributed by atoms with E-state index in [1.807, 2.05) is 7.05 Å². The summed E-state index contributed by atoms with van der Waals surface area (Å²) in [5.41, 5.74) is 0.350. The minimum atomic E-state index is 0.350. The van der Waals surface area contributed by atoms with E-state index >= 15 is 0 Å². The van der Waals surface area contributed by atoms with Crippen LogP contribution in [0.5, 0.6) is 0 Å². The molecule has 0 bridgehead atoms. The highest BCUT2D eigenvalue weighted by atomic mass is 15.3. The molecule has 0 aromatic carbocycles. The molecule has 1 fully saturated rings. The van der Waals surface area contributed by atoms with Crippen LogP contribution in [0.3, 0.4) is 0 Å². The summed E-state index contributed by atoms with van der Waals surface area (Å²) < 4.78 is 0. The zero-order valence-corrected chi connectivity index (χ0v) is 11.0. The number of nitrogens with zero attached hydrogens (tertiary/aromatic N) is 2. The molecule has 0 aliphatic carbocycles. The maximum Gasteiger partial charge on any atom is 0.0232 e. The second-order valence-corrected chi connectivity index (χ2v) is 5.47. The lowest BCUT2D eigenvalue weighted by atomic mass is 9.99. The van der Waals surface area contributed by atoms with Gasteiger partial charge in [-0.3, -0.25) is 4.90 Å². The van der Waals surface area contributed by atoms with E-state index in [1.54, 1.807) is 0 Å². The normalized spacial score (nSPS) is 29.0. The fraction of sp³-hybridized carbons (Fsp3) is 1.00. The van der Waals surface area contributed by atoms with E-state index in [-0.39, 0.29) is 0 Å². The van der Waals surface area contributed by atoms with Crippen LogP contribution in [0.1, 0.15) is 26.7 Å². The Kier molecular flexibility index (Phi) is 4.56. The third-order valence-electron chi connectivity index (χ3n) is 3.95. The lowest BCUT2D eigenvalue weighted by Gasteiger charge is -2.34. The zero-order valence-electron chi connectivity index (χ0n) is 11.0. The molecule has 1 saturated heterocycles. The van der Waals surface area contributed by atoms with Gasteiger partial charge in [0.15, 0.2) is 0 Å². The Balaban J connectivity index is 2.57. The zero-order chi connectivity index (χ0) is 11.5. The fourth-order valence-electron chi connectivity index (χ4n) is 2.15. The molecule has 1 N–H and O–H groups in total. The first-order valence-corrected chi connectivity index (χ1v) is 6.03. The summed E-state index contributed by atoms with van der Waals surface area (Å²) in [6.07, 6.45) is 2.50. The molecule has 0 spiro atoms. The summed E-state index contributed by atoms with van der Waals surface area (Å²) in [6, 6.07) is 0.698. The average Bonchev–Trinajstić information content (AvgIpc) is 2.27. The standard InChI is InChI=1S/C12H27N3/c1-12(2)7-9-14(4)11(6-8-13-3)10-15(12)5/h11,13H,6-10H2,1-5H3. The van der Waals surface area contributed by atoms with Crippen LogP contribution in [0.4, 0.5) is 0 Å². The van der Waals surface area contributed by atoms with E-state index in [9.17, 15) is 0 Å². The van der Waals surface area contributed by atoms with Gasteiger partial charge >= 0.3 is 0 Å². The van der Waals surface area contributed by atoms with Crippen molar-refractivity contribution in [1.29, 1.82) is 0 Å². The summed E-state index contributed by atoms with van der Waals surface area (Å²) in [7, 11) is 6.55. The van der Waals surface area contributed by atoms with Crippen LogP contribution in [-0.4, -0.2) is 62.2 Å². The highest BCUT2D eigenvalue weighted by molar-refractivity contribution is 4.88. The Morgan fingerprint density at radius 3 is 2.60 bits per heavy atom. The van der Waals surface area contributed by atoms with E-state index in [2.05, 4.69) is 43.1 Å². The molecule has 90 valence electrons. The number of rotatable bonds is 3. The topological polar surface area (TPSA) is 18.5 Å². The quantitative estimate of drug-likeness (QED) is 0.755. The molecule has 0 aromatic heterocycles. The summed E-state index contributed by atoms with van der Waals surface area (Å²) in [5.74, 6) is 0. The van der Waals surface area contributed by atoms with Crippen LogP contribution < -0.4 is 5.32 Å². The van der Waals surface area contributed by atoms with Crippen LogP contribution in [0.15, 0.2) is 0 Å². The highest BCUT2D eigenvalue weighted by Gasteiger charge is 2.31. The summed E-state index contributed by atoms with van der Waals surface area (Å²) in [4.78, 5) is 5.03. The van der Waals surface area contributed by atoms with E-state index in [0.29, 0.717) is 11.6 Å². The number of hydrogen-bond acceptors (Lipinski definition) is 3. The molecule has 3 heteroatoms. The maximum atomic E-state index is 3.25. The van der Waals surface area contributed by atoms with Crippen molar-refractivity contribution >= 4 is 0 Å². The van der Waals surface area contributed by atoms with Crippen molar-refractivity contribution in [3.8, 4) is 0 Å². The lowest BCUT2D eigenvalue weighted by Crippen LogP contribution is -2.44. The van der Waals surface area contributed by atoms with Gasteiger partial charge in [-0.05, 0) is 60.9 Å². The van der Waals surface area contributed by atoms with Crippen molar-refractivity contribution in [2.75, 3.05) is 40.8 Å². The SMILES string of the molecule is CNCCC1CN(C)C(C)(C)CCN1C. The van der Waals surface area contributed by atoms with Crippen LogP contribution in [0.25, 0.3) is 0 Å². The Morgan fingerprint density at radius 1 is 1.33 bits per heavy atom. The van der Waals surface area contributed by atoms with E-state index in [4.69, 9.17) is 0 Å². The van der Waals surface area contributed by atoms with Gasteiger partial charge in [-0.2, -0.15) is 0 Å². The van der Waals surface area contributed by atoms with Crippen molar-refractivity contribution in [1.82, 2.24) is 15.1 Å². The van der Waals surface area contributed by atoms with Crippen molar-refractivity contribution in [2.45, 2.75) is 38.3 Å². The minimum absolute atomic E-state index is 0.350. The Morgan fingerprint density at radius 2 is 2.00 bits per heavy atom.